The molecule has 0 saturated heterocycles. The van der Waals surface area contributed by atoms with Gasteiger partial charge in [-0.25, -0.2) is 43.2 Å². The largest absolute Gasteiger partial charge is 0.494 e. The number of rotatable bonds is 14. The SMILES string of the molecule is C=CCC1(S(=O)(=O)Cl)CC1.C=CCC1(S(=O)(=O)Nc2c(F)cc(OC)c(F)c2Cc2ccc(I)cc2F)CC1.COc1cc(F)c(N)c(Cc2ccc(I)cc2F)c1F. The van der Waals surface area contributed by atoms with Crippen LogP contribution >= 0.6 is 55.9 Å². The first-order valence-electron chi connectivity index (χ1n) is 17.5. The summed E-state index contributed by atoms with van der Waals surface area (Å²) in [5.41, 5.74) is 4.59. The maximum Gasteiger partial charge on any atom is 0.238 e. The number of sulfonamides is 1. The maximum atomic E-state index is 15.0. The van der Waals surface area contributed by atoms with Crippen molar-refractivity contribution in [3.8, 4) is 11.5 Å². The lowest BCUT2D eigenvalue weighted by Gasteiger charge is -2.20. The van der Waals surface area contributed by atoms with Crippen LogP contribution in [0.4, 0.5) is 37.7 Å². The van der Waals surface area contributed by atoms with Crippen LogP contribution in [0.15, 0.2) is 73.8 Å². The Labute approximate surface area is 371 Å². The van der Waals surface area contributed by atoms with Gasteiger partial charge in [0.15, 0.2) is 29.0 Å². The summed E-state index contributed by atoms with van der Waals surface area (Å²) in [6, 6.07) is 10.5. The van der Waals surface area contributed by atoms with Crippen LogP contribution in [0.25, 0.3) is 0 Å². The molecule has 8 nitrogen and oxygen atoms in total. The van der Waals surface area contributed by atoms with Crippen molar-refractivity contribution in [2.45, 2.75) is 60.9 Å². The Kier molecular flexibility index (Phi) is 16.1. The van der Waals surface area contributed by atoms with Crippen molar-refractivity contribution in [1.82, 2.24) is 0 Å². The zero-order chi connectivity index (χ0) is 44.1. The van der Waals surface area contributed by atoms with Crippen molar-refractivity contribution in [2.24, 2.45) is 0 Å². The van der Waals surface area contributed by atoms with Crippen molar-refractivity contribution in [1.29, 1.82) is 0 Å². The fourth-order valence-corrected chi connectivity index (χ4v) is 10.1. The molecule has 4 aromatic carbocycles. The molecule has 19 heteroatoms. The highest BCUT2D eigenvalue weighted by molar-refractivity contribution is 14.1. The highest BCUT2D eigenvalue weighted by atomic mass is 127. The predicted molar refractivity (Wildman–Crippen MR) is 235 cm³/mol. The highest BCUT2D eigenvalue weighted by Crippen LogP contribution is 2.49. The number of allylic oxidation sites excluding steroid dienone is 2. The van der Waals surface area contributed by atoms with Crippen LogP contribution in [0, 0.1) is 42.0 Å². The van der Waals surface area contributed by atoms with E-state index in [4.69, 9.17) is 25.9 Å². The first-order chi connectivity index (χ1) is 27.6. The minimum atomic E-state index is -4.02. The molecule has 3 N–H and O–H groups in total. The number of hydrogen-bond donors (Lipinski definition) is 2. The summed E-state index contributed by atoms with van der Waals surface area (Å²) >= 11 is 3.89. The Morgan fingerprint density at radius 1 is 0.712 bits per heavy atom. The van der Waals surface area contributed by atoms with E-state index in [-0.39, 0.29) is 53.0 Å². The van der Waals surface area contributed by atoms with Crippen molar-refractivity contribution < 1.29 is 52.7 Å². The van der Waals surface area contributed by atoms with Crippen molar-refractivity contribution >= 4 is 86.3 Å². The summed E-state index contributed by atoms with van der Waals surface area (Å²) in [7, 11) is 0.212. The number of nitrogen functional groups attached to an aromatic ring is 1. The smallest absolute Gasteiger partial charge is 0.238 e. The first-order valence-corrected chi connectivity index (χ1v) is 23.5. The van der Waals surface area contributed by atoms with Gasteiger partial charge in [-0.1, -0.05) is 24.3 Å². The molecule has 0 aromatic heterocycles. The molecule has 0 aliphatic heterocycles. The van der Waals surface area contributed by atoms with Gasteiger partial charge in [-0.2, -0.15) is 0 Å². The number of ether oxygens (including phenoxy) is 2. The summed E-state index contributed by atoms with van der Waals surface area (Å²) in [6.07, 6.45) is 5.44. The van der Waals surface area contributed by atoms with Crippen molar-refractivity contribution in [3.63, 3.8) is 0 Å². The monoisotopic (exact) mass is 1110 g/mol. The quantitative estimate of drug-likeness (QED) is 0.0424. The van der Waals surface area contributed by atoms with Gasteiger partial charge >= 0.3 is 0 Å². The third kappa shape index (κ3) is 11.4. The van der Waals surface area contributed by atoms with E-state index in [9.17, 15) is 43.2 Å². The number of benzene rings is 4. The molecule has 0 heterocycles. The van der Waals surface area contributed by atoms with Crippen LogP contribution in [0.1, 0.15) is 60.8 Å². The van der Waals surface area contributed by atoms with Gasteiger partial charge in [0, 0.05) is 53.9 Å². The van der Waals surface area contributed by atoms with E-state index in [0.717, 1.165) is 12.1 Å². The van der Waals surface area contributed by atoms with E-state index in [0.29, 0.717) is 39.2 Å². The Morgan fingerprint density at radius 3 is 1.53 bits per heavy atom. The average Bonchev–Trinajstić information content (AvgIpc) is 4.11. The van der Waals surface area contributed by atoms with Crippen LogP contribution in [-0.4, -0.2) is 40.5 Å². The third-order valence-corrected chi connectivity index (χ3v) is 15.9. The number of halogens is 9. The van der Waals surface area contributed by atoms with Crippen LogP contribution in [0.2, 0.25) is 0 Å². The molecule has 2 aliphatic rings. The molecule has 59 heavy (non-hydrogen) atoms. The summed E-state index contributed by atoms with van der Waals surface area (Å²) in [5.74, 6) is -5.23. The lowest BCUT2D eigenvalue weighted by atomic mass is 10.0. The van der Waals surface area contributed by atoms with E-state index < -0.39 is 74.9 Å². The summed E-state index contributed by atoms with van der Waals surface area (Å²) < 4.78 is 144. The molecule has 2 fully saturated rings. The van der Waals surface area contributed by atoms with E-state index in [1.165, 1.54) is 44.6 Å². The zero-order valence-electron chi connectivity index (χ0n) is 31.6. The molecular weight excluding hydrogens is 1070 g/mol. The van der Waals surface area contributed by atoms with Gasteiger partial charge in [-0.15, -0.1) is 13.2 Å². The molecule has 0 unspecified atom stereocenters. The molecule has 2 saturated carbocycles. The number of hydrogen-bond acceptors (Lipinski definition) is 7. The van der Waals surface area contributed by atoms with Gasteiger partial charge in [-0.05, 0) is 119 Å². The second-order valence-electron chi connectivity index (χ2n) is 13.7. The van der Waals surface area contributed by atoms with Gasteiger partial charge < -0.3 is 15.2 Å². The Bertz CT molecular complexity index is 2470. The Balaban J connectivity index is 0.000000220. The maximum absolute atomic E-state index is 15.0. The van der Waals surface area contributed by atoms with E-state index in [1.54, 1.807) is 18.2 Å². The molecule has 0 bridgehead atoms. The first kappa shape index (κ1) is 48.5. The third-order valence-electron chi connectivity index (χ3n) is 9.78. The zero-order valence-corrected chi connectivity index (χ0v) is 38.3. The van der Waals surface area contributed by atoms with Gasteiger partial charge in [0.2, 0.25) is 19.1 Å². The van der Waals surface area contributed by atoms with Crippen molar-refractivity contribution in [3.05, 3.63) is 138 Å². The van der Waals surface area contributed by atoms with E-state index in [2.05, 4.69) is 17.9 Å². The fraction of sp³-hybridized carbons (Fsp3) is 0.300. The lowest BCUT2D eigenvalue weighted by molar-refractivity contribution is 0.381. The summed E-state index contributed by atoms with van der Waals surface area (Å²) in [5, 5.41) is 0. The number of methoxy groups -OCH3 is 2. The van der Waals surface area contributed by atoms with Gasteiger partial charge in [0.25, 0.3) is 0 Å². The topological polar surface area (TPSA) is 125 Å². The molecule has 4 aromatic rings. The molecule has 0 spiro atoms. The fourth-order valence-electron chi connectivity index (χ4n) is 5.96. The van der Waals surface area contributed by atoms with Gasteiger partial charge in [0.05, 0.1) is 35.1 Å². The summed E-state index contributed by atoms with van der Waals surface area (Å²) in [6.45, 7) is 7.04. The predicted octanol–water partition coefficient (Wildman–Crippen LogP) is 10.7. The Morgan fingerprint density at radius 2 is 1.14 bits per heavy atom. The van der Waals surface area contributed by atoms with Gasteiger partial charge in [0.1, 0.15) is 17.5 Å². The van der Waals surface area contributed by atoms with Crippen LogP contribution in [-0.2, 0) is 31.9 Å². The second kappa shape index (κ2) is 19.7. The van der Waals surface area contributed by atoms with Crippen LogP contribution in [0.3, 0.4) is 0 Å². The molecule has 0 radical (unpaired) electrons. The lowest BCUT2D eigenvalue weighted by Crippen LogP contribution is -2.30. The van der Waals surface area contributed by atoms with Gasteiger partial charge in [-0.3, -0.25) is 4.72 Å². The molecule has 0 atom stereocenters. The van der Waals surface area contributed by atoms with Crippen LogP contribution < -0.4 is 19.9 Å². The van der Waals surface area contributed by atoms with Crippen molar-refractivity contribution in [2.75, 3.05) is 24.7 Å². The highest BCUT2D eigenvalue weighted by Gasteiger charge is 2.54. The normalized spacial score (nSPS) is 14.8. The number of anilines is 2. The second-order valence-corrected chi connectivity index (χ2v) is 21.2. The van der Waals surface area contributed by atoms with E-state index >= 15 is 0 Å². The molecule has 0 amide bonds. The summed E-state index contributed by atoms with van der Waals surface area (Å²) in [4.78, 5) is 0. The molecule has 6 rings (SSSR count). The van der Waals surface area contributed by atoms with E-state index in [1.807, 2.05) is 45.2 Å². The molecule has 320 valence electrons. The standard InChI is InChI=1S/C20H19F3INO3S.C14H11F3INO.C6H9ClO2S/c1-3-6-20(7-8-20)29(26,27)25-19-14(18(23)17(28-2)11-16(19)22)9-12-4-5-13(24)10-15(12)21;1-20-12-6-11(16)14(19)9(13(12)17)4-7-2-3-8(18)5-10(7)15;1-2-3-6(4-5-6)10(7,8)9/h3-5,10-11,25H,1,6-9H2,2H3;2-3,5-6H,4,19H2,1H3;2H,1,3-5H2. The Hall–Kier alpha value is -3.21. The number of nitrogens with one attached hydrogen (secondary N) is 1. The number of nitrogens with two attached hydrogens (primary N) is 1. The minimum absolute atomic E-state index is 0.102. The minimum Gasteiger partial charge on any atom is -0.494 e. The molecular formula is C40H39ClF6I2N2O6S2. The average molecular weight is 1110 g/mol. The van der Waals surface area contributed by atoms with Crippen LogP contribution in [0.5, 0.6) is 11.5 Å². The molecule has 2 aliphatic carbocycles.